The molecule has 0 aliphatic heterocycles. The van der Waals surface area contributed by atoms with E-state index >= 15 is 0 Å². The standard InChI is InChI=1S/C8H5BF7/c10-7-2-1-6(8(11,12)13)3-5(7)4-9(14,15)16/h1-3H,4H2/q-1. The first-order valence-electron chi connectivity index (χ1n) is 4.16. The van der Waals surface area contributed by atoms with Crippen LogP contribution in [0.4, 0.5) is 30.5 Å². The van der Waals surface area contributed by atoms with Gasteiger partial charge in [0, 0.05) is 0 Å². The van der Waals surface area contributed by atoms with Crippen molar-refractivity contribution in [3.8, 4) is 0 Å². The molecular weight excluding hydrogens is 240 g/mol. The van der Waals surface area contributed by atoms with Crippen molar-refractivity contribution in [3.05, 3.63) is 35.1 Å². The zero-order chi connectivity index (χ0) is 12.6. The Morgan fingerprint density at radius 3 is 2.06 bits per heavy atom. The van der Waals surface area contributed by atoms with Gasteiger partial charge in [-0.2, -0.15) is 13.2 Å². The fraction of sp³-hybridized carbons (Fsp3) is 0.250. The van der Waals surface area contributed by atoms with E-state index in [0.717, 1.165) is 0 Å². The lowest BCUT2D eigenvalue weighted by Gasteiger charge is -2.15. The second-order valence-electron chi connectivity index (χ2n) is 3.22. The number of halogens is 7. The Morgan fingerprint density at radius 1 is 1.06 bits per heavy atom. The molecule has 1 aromatic rings. The highest BCUT2D eigenvalue weighted by atomic mass is 19.4. The number of alkyl halides is 3. The summed E-state index contributed by atoms with van der Waals surface area (Å²) in [5.41, 5.74) is -2.27. The van der Waals surface area contributed by atoms with Gasteiger partial charge in [-0.25, -0.2) is 4.39 Å². The first-order valence-corrected chi connectivity index (χ1v) is 4.16. The zero-order valence-electron chi connectivity index (χ0n) is 7.66. The van der Waals surface area contributed by atoms with Crippen LogP contribution in [0.3, 0.4) is 0 Å². The minimum Gasteiger partial charge on any atom is -0.449 e. The van der Waals surface area contributed by atoms with Crippen LogP contribution in [0.1, 0.15) is 11.1 Å². The van der Waals surface area contributed by atoms with Gasteiger partial charge in [-0.3, -0.25) is 0 Å². The van der Waals surface area contributed by atoms with Gasteiger partial charge in [0.15, 0.2) is 0 Å². The van der Waals surface area contributed by atoms with Crippen LogP contribution in [-0.4, -0.2) is 6.98 Å². The lowest BCUT2D eigenvalue weighted by atomic mass is 9.81. The fourth-order valence-corrected chi connectivity index (χ4v) is 1.16. The maximum Gasteiger partial charge on any atom is 0.482 e. The van der Waals surface area contributed by atoms with E-state index in [-0.39, 0.29) is 6.07 Å². The number of hydrogen-bond acceptors (Lipinski definition) is 0. The van der Waals surface area contributed by atoms with Crippen LogP contribution in [0.2, 0.25) is 0 Å². The van der Waals surface area contributed by atoms with Gasteiger partial charge in [-0.05, 0) is 23.8 Å². The second-order valence-corrected chi connectivity index (χ2v) is 3.22. The average Bonchev–Trinajstić information content (AvgIpc) is 2.04. The van der Waals surface area contributed by atoms with Gasteiger partial charge in [0.2, 0.25) is 0 Å². The summed E-state index contributed by atoms with van der Waals surface area (Å²) in [5.74, 6) is -1.29. The third-order valence-electron chi connectivity index (χ3n) is 1.82. The number of rotatable bonds is 2. The fourth-order valence-electron chi connectivity index (χ4n) is 1.16. The molecule has 0 spiro atoms. The Hall–Kier alpha value is -1.21. The topological polar surface area (TPSA) is 0 Å². The van der Waals surface area contributed by atoms with Crippen molar-refractivity contribution in [2.45, 2.75) is 12.5 Å². The third-order valence-corrected chi connectivity index (χ3v) is 1.82. The van der Waals surface area contributed by atoms with Crippen molar-refractivity contribution in [2.24, 2.45) is 0 Å². The highest BCUT2D eigenvalue weighted by Crippen LogP contribution is 2.31. The molecule has 0 radical (unpaired) electrons. The summed E-state index contributed by atoms with van der Waals surface area (Å²) < 4.78 is 85.1. The number of benzene rings is 1. The first kappa shape index (κ1) is 12.9. The SMILES string of the molecule is Fc1ccc(C(F)(F)F)cc1C[B-](F)(F)F. The third kappa shape index (κ3) is 3.43. The lowest BCUT2D eigenvalue weighted by Crippen LogP contribution is -2.20. The molecule has 0 heterocycles. The van der Waals surface area contributed by atoms with E-state index in [0.29, 0.717) is 12.1 Å². The summed E-state index contributed by atoms with van der Waals surface area (Å²) in [6, 6.07) is 0.979. The Morgan fingerprint density at radius 2 is 1.62 bits per heavy atom. The van der Waals surface area contributed by atoms with Crippen LogP contribution >= 0.6 is 0 Å². The normalized spacial score (nSPS) is 12.9. The van der Waals surface area contributed by atoms with Crippen LogP contribution in [0.5, 0.6) is 0 Å². The molecule has 8 heteroatoms. The first-order chi connectivity index (χ1) is 7.09. The second kappa shape index (κ2) is 3.99. The van der Waals surface area contributed by atoms with Crippen molar-refractivity contribution >= 4 is 6.98 Å². The van der Waals surface area contributed by atoms with E-state index in [1.54, 1.807) is 0 Å². The van der Waals surface area contributed by atoms with Crippen molar-refractivity contribution in [2.75, 3.05) is 0 Å². The maximum absolute atomic E-state index is 12.8. The van der Waals surface area contributed by atoms with Gasteiger partial charge in [0.05, 0.1) is 5.56 Å². The summed E-state index contributed by atoms with van der Waals surface area (Å²) >= 11 is 0. The van der Waals surface area contributed by atoms with Gasteiger partial charge >= 0.3 is 13.2 Å². The zero-order valence-corrected chi connectivity index (χ0v) is 7.66. The van der Waals surface area contributed by atoms with Crippen LogP contribution < -0.4 is 0 Å². The molecule has 0 aliphatic rings. The summed E-state index contributed by atoms with van der Waals surface area (Å²) in [4.78, 5) is 0. The molecule has 0 aromatic heterocycles. The molecule has 0 aliphatic carbocycles. The molecule has 0 atom stereocenters. The summed E-state index contributed by atoms with van der Waals surface area (Å²) in [6.07, 6.45) is -6.43. The van der Waals surface area contributed by atoms with Crippen LogP contribution in [0.25, 0.3) is 0 Å². The molecule has 1 rings (SSSR count). The molecule has 0 amide bonds. The largest absolute Gasteiger partial charge is 0.482 e. The minimum atomic E-state index is -5.36. The van der Waals surface area contributed by atoms with Gasteiger partial charge < -0.3 is 12.9 Å². The Bertz CT molecular complexity index is 379. The van der Waals surface area contributed by atoms with Crippen molar-refractivity contribution in [3.63, 3.8) is 0 Å². The minimum absolute atomic E-state index is 0.185. The van der Waals surface area contributed by atoms with Gasteiger partial charge in [-0.15, -0.1) is 0 Å². The van der Waals surface area contributed by atoms with E-state index in [1.807, 2.05) is 0 Å². The van der Waals surface area contributed by atoms with Gasteiger partial charge in [0.25, 0.3) is 0 Å². The molecule has 16 heavy (non-hydrogen) atoms. The highest BCUT2D eigenvalue weighted by Gasteiger charge is 2.32. The monoisotopic (exact) mass is 245 g/mol. The molecule has 0 bridgehead atoms. The Labute approximate surface area is 86.1 Å². The summed E-state index contributed by atoms with van der Waals surface area (Å²) in [7, 11) is 0. The Kier molecular flexibility index (Phi) is 3.21. The highest BCUT2D eigenvalue weighted by molar-refractivity contribution is 6.57. The molecule has 1 aromatic carbocycles. The van der Waals surface area contributed by atoms with Crippen molar-refractivity contribution < 1.29 is 30.5 Å². The van der Waals surface area contributed by atoms with Crippen molar-refractivity contribution in [1.82, 2.24) is 0 Å². The quantitative estimate of drug-likeness (QED) is 0.549. The molecule has 0 saturated heterocycles. The maximum atomic E-state index is 12.8. The molecule has 0 nitrogen and oxygen atoms in total. The molecule has 0 unspecified atom stereocenters. The average molecular weight is 245 g/mol. The van der Waals surface area contributed by atoms with Crippen LogP contribution in [-0.2, 0) is 12.5 Å². The van der Waals surface area contributed by atoms with E-state index < -0.39 is 36.4 Å². The molecular formula is C8H5BF7-. The predicted octanol–water partition coefficient (Wildman–Crippen LogP) is 3.77. The van der Waals surface area contributed by atoms with Crippen molar-refractivity contribution in [1.29, 1.82) is 0 Å². The molecule has 0 fully saturated rings. The van der Waals surface area contributed by atoms with Gasteiger partial charge in [0.1, 0.15) is 5.82 Å². The van der Waals surface area contributed by atoms with E-state index in [2.05, 4.69) is 0 Å². The van der Waals surface area contributed by atoms with Crippen LogP contribution in [0, 0.1) is 5.82 Å². The van der Waals surface area contributed by atoms with E-state index in [1.165, 1.54) is 0 Å². The summed E-state index contributed by atoms with van der Waals surface area (Å²) in [6.45, 7) is -5.36. The molecule has 0 saturated carbocycles. The predicted molar refractivity (Wildman–Crippen MR) is 44.2 cm³/mol. The van der Waals surface area contributed by atoms with Crippen LogP contribution in [0.15, 0.2) is 18.2 Å². The molecule has 0 N–H and O–H groups in total. The van der Waals surface area contributed by atoms with E-state index in [4.69, 9.17) is 0 Å². The summed E-state index contributed by atoms with van der Waals surface area (Å²) in [5, 5.41) is 0. The van der Waals surface area contributed by atoms with E-state index in [9.17, 15) is 30.5 Å². The lowest BCUT2D eigenvalue weighted by molar-refractivity contribution is -0.137. The van der Waals surface area contributed by atoms with Gasteiger partial charge in [-0.1, -0.05) is 6.32 Å². The molecule has 90 valence electrons. The number of hydrogen-bond donors (Lipinski definition) is 0. The smallest absolute Gasteiger partial charge is 0.449 e. The Balaban J connectivity index is 3.10.